The van der Waals surface area contributed by atoms with E-state index in [1.54, 1.807) is 0 Å². The predicted octanol–water partition coefficient (Wildman–Crippen LogP) is 3.04. The summed E-state index contributed by atoms with van der Waals surface area (Å²) >= 11 is 0. The Bertz CT molecular complexity index is 105. The third kappa shape index (κ3) is 8.47. The van der Waals surface area contributed by atoms with E-state index in [9.17, 15) is 0 Å². The molecule has 0 saturated carbocycles. The zero-order chi connectivity index (χ0) is 10.2. The van der Waals surface area contributed by atoms with Gasteiger partial charge in [-0.2, -0.15) is 0 Å². The van der Waals surface area contributed by atoms with E-state index in [0.29, 0.717) is 0 Å². The van der Waals surface area contributed by atoms with Gasteiger partial charge in [0.05, 0.1) is 0 Å². The highest BCUT2D eigenvalue weighted by Crippen LogP contribution is 2.20. The number of ether oxygens (including phenoxy) is 1. The summed E-state index contributed by atoms with van der Waals surface area (Å²) in [5, 5.41) is 0. The van der Waals surface area contributed by atoms with Crippen LogP contribution in [0.3, 0.4) is 0 Å². The van der Waals surface area contributed by atoms with Gasteiger partial charge >= 0.3 is 0 Å². The lowest BCUT2D eigenvalue weighted by atomic mass is 10.4. The lowest BCUT2D eigenvalue weighted by Gasteiger charge is -2.27. The van der Waals surface area contributed by atoms with E-state index in [0.717, 1.165) is 19.8 Å². The molecule has 3 heteroatoms. The van der Waals surface area contributed by atoms with Crippen LogP contribution in [-0.4, -0.2) is 28.1 Å². The van der Waals surface area contributed by atoms with Crippen molar-refractivity contribution in [3.8, 4) is 0 Å². The normalized spacial score (nSPS) is 20.3. The van der Waals surface area contributed by atoms with Crippen molar-refractivity contribution in [2.24, 2.45) is 0 Å². The average molecular weight is 204 g/mol. The first kappa shape index (κ1) is 13.1. The fraction of sp³-hybridized carbons (Fsp3) is 1.00. The molecule has 0 bridgehead atoms. The zero-order valence-corrected chi connectivity index (χ0v) is 10.6. The fourth-order valence-corrected chi connectivity index (χ4v) is 3.22. The lowest BCUT2D eigenvalue weighted by molar-refractivity contribution is 0.162. The van der Waals surface area contributed by atoms with Crippen LogP contribution < -0.4 is 0 Å². The maximum absolute atomic E-state index is 5.60. The molecular weight excluding hydrogens is 180 g/mol. The van der Waals surface area contributed by atoms with Crippen molar-refractivity contribution in [3.63, 3.8) is 0 Å². The van der Waals surface area contributed by atoms with Crippen molar-refractivity contribution >= 4 is 8.32 Å². The average Bonchev–Trinajstić information content (AvgIpc) is 2.06. The molecule has 0 radical (unpaired) electrons. The third-order valence-electron chi connectivity index (χ3n) is 2.07. The van der Waals surface area contributed by atoms with Crippen LogP contribution in [0.1, 0.15) is 26.7 Å². The number of rotatable bonds is 2. The first-order chi connectivity index (χ1) is 6.12. The van der Waals surface area contributed by atoms with Gasteiger partial charge in [-0.3, -0.25) is 0 Å². The summed E-state index contributed by atoms with van der Waals surface area (Å²) in [7, 11) is -1.09. The van der Waals surface area contributed by atoms with Crippen LogP contribution >= 0.6 is 0 Å². The Morgan fingerprint density at radius 3 is 1.92 bits per heavy atom. The quantitative estimate of drug-likeness (QED) is 0.644. The molecule has 0 aromatic rings. The van der Waals surface area contributed by atoms with Gasteiger partial charge in [-0.1, -0.05) is 6.42 Å². The highest BCUT2D eigenvalue weighted by Gasteiger charge is 2.24. The van der Waals surface area contributed by atoms with Crippen molar-refractivity contribution in [3.05, 3.63) is 0 Å². The van der Waals surface area contributed by atoms with E-state index in [4.69, 9.17) is 9.16 Å². The molecule has 80 valence electrons. The summed E-state index contributed by atoms with van der Waals surface area (Å²) in [4.78, 5) is 0. The molecule has 0 aliphatic carbocycles. The molecule has 13 heavy (non-hydrogen) atoms. The van der Waals surface area contributed by atoms with Gasteiger partial charge in [0.15, 0.2) is 8.32 Å². The minimum atomic E-state index is -1.09. The number of hydrogen-bond donors (Lipinski definition) is 0. The Hall–Kier alpha value is 0.137. The van der Waals surface area contributed by atoms with Crippen molar-refractivity contribution in [2.45, 2.75) is 45.8 Å². The minimum absolute atomic E-state index is 0.844. The van der Waals surface area contributed by atoms with Gasteiger partial charge in [-0.05, 0) is 39.4 Å². The van der Waals surface area contributed by atoms with E-state index >= 15 is 0 Å². The molecule has 0 spiro atoms. The molecule has 1 aliphatic heterocycles. The molecule has 1 fully saturated rings. The highest BCUT2D eigenvalue weighted by atomic mass is 28.4. The van der Waals surface area contributed by atoms with Crippen molar-refractivity contribution in [1.29, 1.82) is 0 Å². The van der Waals surface area contributed by atoms with Gasteiger partial charge in [0.25, 0.3) is 0 Å². The molecule has 1 saturated heterocycles. The van der Waals surface area contributed by atoms with Crippen LogP contribution in [-0.2, 0) is 9.16 Å². The van der Waals surface area contributed by atoms with Crippen molar-refractivity contribution in [2.75, 3.05) is 19.8 Å². The molecule has 0 unspecified atom stereocenters. The monoisotopic (exact) mass is 204 g/mol. The van der Waals surface area contributed by atoms with Gasteiger partial charge in [0.1, 0.15) is 0 Å². The molecule has 0 aromatic heterocycles. The minimum Gasteiger partial charge on any atom is -0.417 e. The highest BCUT2D eigenvalue weighted by molar-refractivity contribution is 6.71. The molecule has 0 aromatic carbocycles. The molecule has 2 nitrogen and oxygen atoms in total. The molecule has 0 amide bonds. The molecular formula is C10H24O2Si. The van der Waals surface area contributed by atoms with E-state index in [1.165, 1.54) is 18.9 Å². The Kier molecular flexibility index (Phi) is 7.61. The van der Waals surface area contributed by atoms with Gasteiger partial charge in [-0.25, -0.2) is 0 Å². The second-order valence-electron chi connectivity index (χ2n) is 3.85. The Balaban J connectivity index is 0.000000252. The van der Waals surface area contributed by atoms with Crippen LogP contribution in [0, 0.1) is 0 Å². The maximum Gasteiger partial charge on any atom is 0.186 e. The number of hydrogen-bond acceptors (Lipinski definition) is 2. The second kappa shape index (κ2) is 7.53. The van der Waals surface area contributed by atoms with Crippen molar-refractivity contribution in [1.82, 2.24) is 0 Å². The van der Waals surface area contributed by atoms with Gasteiger partial charge in [0.2, 0.25) is 0 Å². The SMILES string of the molecule is CCOCC.C[Si]1(C)CCCCO1. The summed E-state index contributed by atoms with van der Waals surface area (Å²) in [5.41, 5.74) is 0. The van der Waals surface area contributed by atoms with Crippen molar-refractivity contribution < 1.29 is 9.16 Å². The summed E-state index contributed by atoms with van der Waals surface area (Å²) in [6, 6.07) is 1.37. The third-order valence-corrected chi connectivity index (χ3v) is 4.62. The van der Waals surface area contributed by atoms with E-state index < -0.39 is 8.32 Å². The summed E-state index contributed by atoms with van der Waals surface area (Å²) < 4.78 is 10.4. The fourth-order valence-electron chi connectivity index (χ4n) is 1.28. The summed E-state index contributed by atoms with van der Waals surface area (Å²) in [5.74, 6) is 0. The molecule has 1 rings (SSSR count). The first-order valence-electron chi connectivity index (χ1n) is 5.34. The van der Waals surface area contributed by atoms with Crippen LogP contribution in [0.5, 0.6) is 0 Å². The summed E-state index contributed by atoms with van der Waals surface area (Å²) in [6.45, 7) is 11.3. The largest absolute Gasteiger partial charge is 0.417 e. The van der Waals surface area contributed by atoms with Crippen LogP contribution in [0.2, 0.25) is 19.1 Å². The predicted molar refractivity (Wildman–Crippen MR) is 59.6 cm³/mol. The summed E-state index contributed by atoms with van der Waals surface area (Å²) in [6.07, 6.45) is 2.69. The van der Waals surface area contributed by atoms with E-state index in [1.807, 2.05) is 13.8 Å². The van der Waals surface area contributed by atoms with Gasteiger partial charge in [0, 0.05) is 19.8 Å². The second-order valence-corrected chi connectivity index (χ2v) is 8.15. The van der Waals surface area contributed by atoms with Crippen LogP contribution in [0.15, 0.2) is 0 Å². The van der Waals surface area contributed by atoms with Gasteiger partial charge in [-0.15, -0.1) is 0 Å². The molecule has 0 N–H and O–H groups in total. The molecule has 1 heterocycles. The van der Waals surface area contributed by atoms with Crippen LogP contribution in [0.4, 0.5) is 0 Å². The van der Waals surface area contributed by atoms with E-state index in [2.05, 4.69) is 13.1 Å². The Labute approximate surface area is 83.8 Å². The molecule has 0 atom stereocenters. The standard InChI is InChI=1S/C6H14OSi.C4H10O/c1-8(2)6-4-3-5-7-8;1-3-5-4-2/h3-6H2,1-2H3;3-4H2,1-2H3. The lowest BCUT2D eigenvalue weighted by Crippen LogP contribution is -2.33. The topological polar surface area (TPSA) is 18.5 Å². The van der Waals surface area contributed by atoms with Crippen LogP contribution in [0.25, 0.3) is 0 Å². The Morgan fingerprint density at radius 1 is 1.15 bits per heavy atom. The smallest absolute Gasteiger partial charge is 0.186 e. The molecule has 1 aliphatic rings. The van der Waals surface area contributed by atoms with Gasteiger partial charge < -0.3 is 9.16 Å². The zero-order valence-electron chi connectivity index (χ0n) is 9.56. The van der Waals surface area contributed by atoms with E-state index in [-0.39, 0.29) is 0 Å². The maximum atomic E-state index is 5.60. The Morgan fingerprint density at radius 2 is 1.77 bits per heavy atom. The first-order valence-corrected chi connectivity index (χ1v) is 8.45.